The van der Waals surface area contributed by atoms with Crippen LogP contribution in [0.25, 0.3) is 0 Å². The summed E-state index contributed by atoms with van der Waals surface area (Å²) >= 11 is 0. The largest absolute Gasteiger partial charge is 3.00 e. The van der Waals surface area contributed by atoms with E-state index in [4.69, 9.17) is 35.5 Å². The van der Waals surface area contributed by atoms with E-state index in [1.807, 2.05) is 0 Å². The van der Waals surface area contributed by atoms with Crippen LogP contribution in [0, 0.1) is 35.5 Å². The fourth-order valence-corrected chi connectivity index (χ4v) is 0. The Morgan fingerprint density at radius 1 is 0.625 bits per heavy atom. The molecule has 0 spiro atoms. The minimum absolute atomic E-state index is 0. The van der Waals surface area contributed by atoms with Crippen LogP contribution in [0.15, 0.2) is 0 Å². The predicted molar refractivity (Wildman–Crippen MR) is 14.9 cm³/mol. The second-order valence-corrected chi connectivity index (χ2v) is 0. The quantitative estimate of drug-likeness (QED) is 0.361. The van der Waals surface area contributed by atoms with Crippen LogP contribution in [0.4, 0.5) is 0 Å². The molecule has 0 aromatic heterocycles. The third-order valence-corrected chi connectivity index (χ3v) is 0. The van der Waals surface area contributed by atoms with Gasteiger partial charge in [-0.1, -0.05) is 0 Å². The first-order chi connectivity index (χ1) is 3.00. The van der Waals surface area contributed by atoms with Crippen LogP contribution in [0.2, 0.25) is 0 Å². The Hall–Kier alpha value is 0.847. The molecule has 0 aliphatic heterocycles. The summed E-state index contributed by atoms with van der Waals surface area (Å²) in [6, 6.07) is 0. The van der Waals surface area contributed by atoms with Crippen molar-refractivity contribution in [3.63, 3.8) is 0 Å². The zero-order valence-electron chi connectivity index (χ0n) is 4.14. The third kappa shape index (κ3) is 327. The smallest absolute Gasteiger partial charge is 0.512 e. The topological polar surface area (TPSA) is 71.4 Å². The van der Waals surface area contributed by atoms with E-state index in [0.717, 1.165) is 0 Å². The van der Waals surface area contributed by atoms with Crippen molar-refractivity contribution in [1.29, 1.82) is 15.8 Å². The van der Waals surface area contributed by atoms with Gasteiger partial charge in [-0.3, -0.25) is 0 Å². The standard InChI is InChI=1S/3CN.Au.K/c3*1-2;;/q3*-1;+3;+1. The number of hydrogen-bond acceptors (Lipinski definition) is 3. The summed E-state index contributed by atoms with van der Waals surface area (Å²) < 4.78 is 0. The zero-order valence-corrected chi connectivity index (χ0v) is 9.43. The van der Waals surface area contributed by atoms with Crippen molar-refractivity contribution < 1.29 is 73.8 Å². The summed E-state index contributed by atoms with van der Waals surface area (Å²) in [6.45, 7) is 14.2. The van der Waals surface area contributed by atoms with Crippen molar-refractivity contribution in [2.45, 2.75) is 0 Å². The molecule has 0 fully saturated rings. The Kier molecular flexibility index (Phi) is 2360. The molecule has 0 aliphatic carbocycles. The average molecular weight is 314 g/mol. The van der Waals surface area contributed by atoms with E-state index in [2.05, 4.69) is 0 Å². The number of nitrogens with zero attached hydrogens (tertiary/aromatic N) is 3. The summed E-state index contributed by atoms with van der Waals surface area (Å²) in [7, 11) is 0. The Morgan fingerprint density at radius 3 is 0.625 bits per heavy atom. The SMILES string of the molecule is [Au+3].[C-]#N.[C-]#N.[C-]#N.[K+]. The molecule has 38 valence electrons. The second-order valence-electron chi connectivity index (χ2n) is 0. The molecule has 0 radical (unpaired) electrons. The first kappa shape index (κ1) is 36.8. The van der Waals surface area contributed by atoms with Gasteiger partial charge in [0.1, 0.15) is 0 Å². The molecule has 0 heterocycles. The summed E-state index contributed by atoms with van der Waals surface area (Å²) in [4.78, 5) is 0. The number of hydrogen-bond donors (Lipinski definition) is 0. The maximum atomic E-state index is 6.25. The van der Waals surface area contributed by atoms with Crippen LogP contribution >= 0.6 is 0 Å². The normalized spacial score (nSPS) is 0.750. The first-order valence-electron chi connectivity index (χ1n) is 0.671. The summed E-state index contributed by atoms with van der Waals surface area (Å²) in [5, 5.41) is 18.8. The Bertz CT molecular complexity index is 43.0. The van der Waals surface area contributed by atoms with E-state index in [9.17, 15) is 0 Å². The van der Waals surface area contributed by atoms with Crippen molar-refractivity contribution in [2.75, 3.05) is 0 Å². The molecule has 0 aromatic rings. The molecule has 0 bridgehead atoms. The van der Waals surface area contributed by atoms with Gasteiger partial charge in [0, 0.05) is 0 Å². The molecule has 0 amide bonds. The molecule has 0 unspecified atom stereocenters. The molecule has 0 N–H and O–H groups in total. The van der Waals surface area contributed by atoms with Crippen LogP contribution in [0.1, 0.15) is 0 Å². The molecular formula is C3AuKN3+. The van der Waals surface area contributed by atoms with Gasteiger partial charge in [0.2, 0.25) is 0 Å². The van der Waals surface area contributed by atoms with E-state index >= 15 is 0 Å². The van der Waals surface area contributed by atoms with E-state index < -0.39 is 0 Å². The minimum atomic E-state index is 0. The van der Waals surface area contributed by atoms with Crippen molar-refractivity contribution in [3.05, 3.63) is 19.7 Å². The molecule has 0 rings (SSSR count). The van der Waals surface area contributed by atoms with E-state index in [-0.39, 0.29) is 73.8 Å². The maximum Gasteiger partial charge on any atom is 3.00 e. The zero-order chi connectivity index (χ0) is 6.00. The number of rotatable bonds is 0. The predicted octanol–water partition coefficient (Wildman–Crippen LogP) is -2.71. The third-order valence-electron chi connectivity index (χ3n) is 0. The van der Waals surface area contributed by atoms with Gasteiger partial charge in [0.15, 0.2) is 0 Å². The minimum Gasteiger partial charge on any atom is -0.512 e. The molecule has 0 saturated carbocycles. The Balaban J connectivity index is -0.00000000500. The molecule has 0 aliphatic rings. The van der Waals surface area contributed by atoms with Gasteiger partial charge in [-0.25, -0.2) is 0 Å². The average Bonchev–Trinajstić information content (AvgIpc) is 1.81. The summed E-state index contributed by atoms with van der Waals surface area (Å²) in [5.41, 5.74) is 0. The van der Waals surface area contributed by atoms with Crippen LogP contribution < -0.4 is 51.4 Å². The van der Waals surface area contributed by atoms with Gasteiger partial charge in [-0.2, -0.15) is 0 Å². The molecule has 0 aromatic carbocycles. The van der Waals surface area contributed by atoms with E-state index in [1.165, 1.54) is 0 Å². The monoisotopic (exact) mass is 314 g/mol. The second kappa shape index (κ2) is 513. The molecule has 5 heteroatoms. The van der Waals surface area contributed by atoms with E-state index in [1.54, 1.807) is 0 Å². The molecule has 0 saturated heterocycles. The van der Waals surface area contributed by atoms with Gasteiger partial charge in [-0.05, 0) is 0 Å². The van der Waals surface area contributed by atoms with E-state index in [0.29, 0.717) is 0 Å². The Morgan fingerprint density at radius 2 is 0.625 bits per heavy atom. The van der Waals surface area contributed by atoms with Crippen LogP contribution in [-0.4, -0.2) is 0 Å². The molecular weight excluding hydrogens is 314 g/mol. The van der Waals surface area contributed by atoms with Gasteiger partial charge < -0.3 is 35.5 Å². The van der Waals surface area contributed by atoms with Crippen LogP contribution in [0.5, 0.6) is 0 Å². The van der Waals surface area contributed by atoms with Gasteiger partial charge in [0.25, 0.3) is 0 Å². The maximum absolute atomic E-state index is 6.25. The van der Waals surface area contributed by atoms with Crippen molar-refractivity contribution in [3.8, 4) is 0 Å². The van der Waals surface area contributed by atoms with Crippen molar-refractivity contribution >= 4 is 0 Å². The van der Waals surface area contributed by atoms with Gasteiger partial charge >= 0.3 is 73.8 Å². The van der Waals surface area contributed by atoms with Gasteiger partial charge in [-0.15, -0.1) is 0 Å². The fraction of sp³-hybridized carbons (Fsp3) is 0. The first-order valence-corrected chi connectivity index (χ1v) is 0.671. The molecule has 3 nitrogen and oxygen atoms in total. The molecule has 0 atom stereocenters. The van der Waals surface area contributed by atoms with Crippen molar-refractivity contribution in [1.82, 2.24) is 0 Å². The molecule has 8 heavy (non-hydrogen) atoms. The summed E-state index contributed by atoms with van der Waals surface area (Å²) in [5.74, 6) is 0. The Labute approximate surface area is 107 Å². The van der Waals surface area contributed by atoms with Crippen molar-refractivity contribution in [2.24, 2.45) is 0 Å². The summed E-state index contributed by atoms with van der Waals surface area (Å²) in [6.07, 6.45) is 0. The van der Waals surface area contributed by atoms with Crippen LogP contribution in [-0.2, 0) is 22.4 Å². The fourth-order valence-electron chi connectivity index (χ4n) is 0. The van der Waals surface area contributed by atoms with Crippen LogP contribution in [0.3, 0.4) is 0 Å². The van der Waals surface area contributed by atoms with Gasteiger partial charge in [0.05, 0.1) is 0 Å².